The molecule has 1 aromatic rings. The lowest BCUT2D eigenvalue weighted by Crippen LogP contribution is -2.11. The molecule has 0 aliphatic heterocycles. The molecule has 1 aromatic heterocycles. The third-order valence-electron chi connectivity index (χ3n) is 3.04. The van der Waals surface area contributed by atoms with E-state index in [1.54, 1.807) is 7.11 Å². The summed E-state index contributed by atoms with van der Waals surface area (Å²) in [5, 5.41) is 14.4. The molecule has 5 nitrogen and oxygen atoms in total. The highest BCUT2D eigenvalue weighted by Crippen LogP contribution is 2.23. The van der Waals surface area contributed by atoms with E-state index in [0.717, 1.165) is 17.0 Å². The van der Waals surface area contributed by atoms with Crippen LogP contribution in [-0.4, -0.2) is 41.8 Å². The fourth-order valence-electron chi connectivity index (χ4n) is 2.01. The standard InChI is InChI=1S/C13H24N2O3/c1-5-12(16)13-10(2)14-15(11(13)3)6-7-18-9-8-17-4/h12,16H,5-9H2,1-4H3. The molecule has 104 valence electrons. The van der Waals surface area contributed by atoms with Crippen molar-refractivity contribution < 1.29 is 14.6 Å². The summed E-state index contributed by atoms with van der Waals surface area (Å²) in [6.45, 7) is 8.40. The van der Waals surface area contributed by atoms with Gasteiger partial charge in [-0.25, -0.2) is 0 Å². The highest BCUT2D eigenvalue weighted by atomic mass is 16.5. The lowest BCUT2D eigenvalue weighted by Gasteiger charge is -2.09. The van der Waals surface area contributed by atoms with E-state index < -0.39 is 6.10 Å². The fraction of sp³-hybridized carbons (Fsp3) is 0.769. The normalized spacial score (nSPS) is 12.9. The van der Waals surface area contributed by atoms with Crippen LogP contribution in [0.5, 0.6) is 0 Å². The maximum Gasteiger partial charge on any atom is 0.0823 e. The molecule has 1 unspecified atom stereocenters. The Morgan fingerprint density at radius 1 is 1.28 bits per heavy atom. The van der Waals surface area contributed by atoms with Crippen LogP contribution >= 0.6 is 0 Å². The second kappa shape index (κ2) is 7.51. The smallest absolute Gasteiger partial charge is 0.0823 e. The van der Waals surface area contributed by atoms with Crippen molar-refractivity contribution in [2.45, 2.75) is 39.8 Å². The SMILES string of the molecule is CCC(O)c1c(C)nn(CCOCCOC)c1C. The van der Waals surface area contributed by atoms with Gasteiger partial charge in [0.25, 0.3) is 0 Å². The summed E-state index contributed by atoms with van der Waals surface area (Å²) < 4.78 is 12.2. The van der Waals surface area contributed by atoms with E-state index in [9.17, 15) is 5.11 Å². The molecule has 0 spiro atoms. The number of methoxy groups -OCH3 is 1. The zero-order valence-corrected chi connectivity index (χ0v) is 11.8. The van der Waals surface area contributed by atoms with Crippen LogP contribution in [0.2, 0.25) is 0 Å². The lowest BCUT2D eigenvalue weighted by molar-refractivity contribution is 0.0651. The summed E-state index contributed by atoms with van der Waals surface area (Å²) in [4.78, 5) is 0. The van der Waals surface area contributed by atoms with E-state index >= 15 is 0 Å². The minimum Gasteiger partial charge on any atom is -0.388 e. The first-order valence-corrected chi connectivity index (χ1v) is 6.40. The van der Waals surface area contributed by atoms with Gasteiger partial charge in [0, 0.05) is 18.4 Å². The zero-order chi connectivity index (χ0) is 13.5. The van der Waals surface area contributed by atoms with Gasteiger partial charge in [-0.2, -0.15) is 5.10 Å². The Balaban J connectivity index is 2.57. The Morgan fingerprint density at radius 3 is 2.61 bits per heavy atom. The fourth-order valence-corrected chi connectivity index (χ4v) is 2.01. The monoisotopic (exact) mass is 256 g/mol. The molecule has 5 heteroatoms. The Labute approximate surface area is 109 Å². The average molecular weight is 256 g/mol. The minimum absolute atomic E-state index is 0.423. The van der Waals surface area contributed by atoms with Gasteiger partial charge in [-0.15, -0.1) is 0 Å². The highest BCUT2D eigenvalue weighted by Gasteiger charge is 2.17. The van der Waals surface area contributed by atoms with Gasteiger partial charge in [-0.3, -0.25) is 4.68 Å². The van der Waals surface area contributed by atoms with Gasteiger partial charge in [0.15, 0.2) is 0 Å². The molecule has 1 rings (SSSR count). The van der Waals surface area contributed by atoms with Crippen LogP contribution < -0.4 is 0 Å². The van der Waals surface area contributed by atoms with Gasteiger partial charge >= 0.3 is 0 Å². The number of aryl methyl sites for hydroxylation is 1. The third kappa shape index (κ3) is 3.80. The van der Waals surface area contributed by atoms with Crippen molar-refractivity contribution in [2.75, 3.05) is 26.9 Å². The first-order chi connectivity index (χ1) is 8.61. The summed E-state index contributed by atoms with van der Waals surface area (Å²) in [7, 11) is 1.66. The number of nitrogens with zero attached hydrogens (tertiary/aromatic N) is 2. The maximum absolute atomic E-state index is 9.94. The van der Waals surface area contributed by atoms with E-state index in [2.05, 4.69) is 5.10 Å². The van der Waals surface area contributed by atoms with Gasteiger partial charge in [-0.1, -0.05) is 6.92 Å². The maximum atomic E-state index is 9.94. The molecule has 0 saturated heterocycles. The lowest BCUT2D eigenvalue weighted by atomic mass is 10.1. The Bertz CT molecular complexity index is 363. The van der Waals surface area contributed by atoms with Crippen LogP contribution in [0, 0.1) is 13.8 Å². The molecule has 0 aromatic carbocycles. The molecule has 0 fully saturated rings. The number of hydrogen-bond donors (Lipinski definition) is 1. The van der Waals surface area contributed by atoms with E-state index in [4.69, 9.17) is 9.47 Å². The second-order valence-corrected chi connectivity index (χ2v) is 4.34. The molecule has 0 bridgehead atoms. The molecular weight excluding hydrogens is 232 g/mol. The Kier molecular flexibility index (Phi) is 6.32. The molecule has 1 N–H and O–H groups in total. The Morgan fingerprint density at radius 2 is 2.00 bits per heavy atom. The number of ether oxygens (including phenoxy) is 2. The number of aliphatic hydroxyl groups excluding tert-OH is 1. The summed E-state index contributed by atoms with van der Waals surface area (Å²) in [5.74, 6) is 0. The van der Waals surface area contributed by atoms with Gasteiger partial charge < -0.3 is 14.6 Å². The molecule has 0 radical (unpaired) electrons. The van der Waals surface area contributed by atoms with Crippen molar-refractivity contribution in [1.29, 1.82) is 0 Å². The van der Waals surface area contributed by atoms with Crippen LogP contribution in [0.15, 0.2) is 0 Å². The number of aliphatic hydroxyl groups is 1. The van der Waals surface area contributed by atoms with E-state index in [0.29, 0.717) is 32.8 Å². The second-order valence-electron chi connectivity index (χ2n) is 4.34. The average Bonchev–Trinajstić information content (AvgIpc) is 2.63. The highest BCUT2D eigenvalue weighted by molar-refractivity contribution is 5.26. The van der Waals surface area contributed by atoms with E-state index in [1.807, 2.05) is 25.5 Å². The van der Waals surface area contributed by atoms with Gasteiger partial charge in [0.2, 0.25) is 0 Å². The van der Waals surface area contributed by atoms with Crippen LogP contribution in [-0.2, 0) is 16.0 Å². The van der Waals surface area contributed by atoms with E-state index in [1.165, 1.54) is 0 Å². The van der Waals surface area contributed by atoms with Gasteiger partial charge in [0.05, 0.1) is 38.2 Å². The summed E-state index contributed by atoms with van der Waals surface area (Å²) >= 11 is 0. The summed E-state index contributed by atoms with van der Waals surface area (Å²) in [5.41, 5.74) is 2.88. The third-order valence-corrected chi connectivity index (χ3v) is 3.04. The topological polar surface area (TPSA) is 56.5 Å². The quantitative estimate of drug-likeness (QED) is 0.718. The first kappa shape index (κ1) is 15.1. The van der Waals surface area contributed by atoms with Crippen LogP contribution in [0.25, 0.3) is 0 Å². The molecule has 18 heavy (non-hydrogen) atoms. The van der Waals surface area contributed by atoms with Crippen molar-refractivity contribution in [3.05, 3.63) is 17.0 Å². The predicted molar refractivity (Wildman–Crippen MR) is 69.6 cm³/mol. The zero-order valence-electron chi connectivity index (χ0n) is 11.8. The van der Waals surface area contributed by atoms with Crippen LogP contribution in [0.1, 0.15) is 36.4 Å². The van der Waals surface area contributed by atoms with Crippen molar-refractivity contribution in [3.8, 4) is 0 Å². The van der Waals surface area contributed by atoms with Crippen LogP contribution in [0.3, 0.4) is 0 Å². The van der Waals surface area contributed by atoms with Gasteiger partial charge in [-0.05, 0) is 20.3 Å². The molecule has 1 heterocycles. The molecule has 0 amide bonds. The molecular formula is C13H24N2O3. The van der Waals surface area contributed by atoms with E-state index in [-0.39, 0.29) is 0 Å². The van der Waals surface area contributed by atoms with Crippen molar-refractivity contribution >= 4 is 0 Å². The van der Waals surface area contributed by atoms with Crippen molar-refractivity contribution in [2.24, 2.45) is 0 Å². The summed E-state index contributed by atoms with van der Waals surface area (Å²) in [6, 6.07) is 0. The molecule has 0 aliphatic rings. The first-order valence-electron chi connectivity index (χ1n) is 6.40. The largest absolute Gasteiger partial charge is 0.388 e. The predicted octanol–water partition coefficient (Wildman–Crippen LogP) is 1.61. The molecule has 1 atom stereocenters. The summed E-state index contributed by atoms with van der Waals surface area (Å²) in [6.07, 6.45) is 0.283. The molecule has 0 saturated carbocycles. The van der Waals surface area contributed by atoms with Crippen molar-refractivity contribution in [3.63, 3.8) is 0 Å². The van der Waals surface area contributed by atoms with Crippen LogP contribution in [0.4, 0.5) is 0 Å². The van der Waals surface area contributed by atoms with Crippen molar-refractivity contribution in [1.82, 2.24) is 9.78 Å². The Hall–Kier alpha value is -0.910. The number of rotatable bonds is 8. The number of aromatic nitrogens is 2. The van der Waals surface area contributed by atoms with Gasteiger partial charge in [0.1, 0.15) is 0 Å². The molecule has 0 aliphatic carbocycles. The minimum atomic E-state index is -0.423. The number of hydrogen-bond acceptors (Lipinski definition) is 4.